The number of nitrogens with zero attached hydrogens (tertiary/aromatic N) is 1. The predicted octanol–water partition coefficient (Wildman–Crippen LogP) is 3.15. The highest BCUT2D eigenvalue weighted by Crippen LogP contribution is 2.45. The van der Waals surface area contributed by atoms with Crippen molar-refractivity contribution in [2.24, 2.45) is 5.41 Å². The summed E-state index contributed by atoms with van der Waals surface area (Å²) in [6.07, 6.45) is -5.46. The molecular weight excluding hydrogens is 291 g/mol. The number of benzene rings is 1. The zero-order valence-electron chi connectivity index (χ0n) is 11.3. The highest BCUT2D eigenvalue weighted by molar-refractivity contribution is 5.49. The van der Waals surface area contributed by atoms with E-state index in [0.717, 1.165) is 12.1 Å². The molecule has 8 heteroatoms. The van der Waals surface area contributed by atoms with Gasteiger partial charge in [-0.15, -0.1) is 0 Å². The number of alkyl halides is 3. The molecule has 116 valence electrons. The lowest BCUT2D eigenvalue weighted by atomic mass is 9.66. The molecule has 2 rings (SSSR count). The van der Waals surface area contributed by atoms with Crippen LogP contribution in [0.1, 0.15) is 25.8 Å². The van der Waals surface area contributed by atoms with Crippen molar-refractivity contribution in [2.45, 2.75) is 38.7 Å². The Morgan fingerprint density at radius 3 is 2.48 bits per heavy atom. The number of hydrogen-bond donors (Lipinski definition) is 1. The van der Waals surface area contributed by atoms with Gasteiger partial charge in [0.15, 0.2) is 5.75 Å². The van der Waals surface area contributed by atoms with Gasteiger partial charge in [-0.2, -0.15) is 13.2 Å². The molecule has 1 saturated carbocycles. The fourth-order valence-corrected chi connectivity index (χ4v) is 2.15. The van der Waals surface area contributed by atoms with Crippen LogP contribution in [-0.4, -0.2) is 22.2 Å². The molecular formula is C13H14F3NO4. The fraction of sp³-hybridized carbons (Fsp3) is 0.538. The van der Waals surface area contributed by atoms with E-state index < -0.39 is 40.0 Å². The molecule has 0 aliphatic heterocycles. The third-order valence-electron chi connectivity index (χ3n) is 3.88. The second kappa shape index (κ2) is 4.87. The van der Waals surface area contributed by atoms with E-state index in [1.807, 2.05) is 0 Å². The SMILES string of the molecule is CC1(C)C(O)CC1Oc1ccc(C(F)(F)F)cc1[N+](=O)[O-]. The maximum absolute atomic E-state index is 12.6. The summed E-state index contributed by atoms with van der Waals surface area (Å²) in [5.74, 6) is -0.224. The molecule has 1 N–H and O–H groups in total. The van der Waals surface area contributed by atoms with Gasteiger partial charge in [-0.05, 0) is 12.1 Å². The minimum Gasteiger partial charge on any atom is -0.483 e. The summed E-state index contributed by atoms with van der Waals surface area (Å²) < 4.78 is 43.2. The van der Waals surface area contributed by atoms with Gasteiger partial charge in [-0.1, -0.05) is 13.8 Å². The largest absolute Gasteiger partial charge is 0.483 e. The van der Waals surface area contributed by atoms with E-state index in [1.165, 1.54) is 0 Å². The number of aliphatic hydroxyl groups excluding tert-OH is 1. The first-order valence-corrected chi connectivity index (χ1v) is 6.24. The Labute approximate surface area is 118 Å². The minimum absolute atomic E-state index is 0.224. The predicted molar refractivity (Wildman–Crippen MR) is 66.9 cm³/mol. The number of hydrogen-bond acceptors (Lipinski definition) is 4. The quantitative estimate of drug-likeness (QED) is 0.687. The first kappa shape index (κ1) is 15.6. The average Bonchev–Trinajstić information content (AvgIpc) is 2.37. The van der Waals surface area contributed by atoms with Crippen molar-refractivity contribution in [3.63, 3.8) is 0 Å². The van der Waals surface area contributed by atoms with E-state index in [1.54, 1.807) is 13.8 Å². The van der Waals surface area contributed by atoms with Crippen molar-refractivity contribution < 1.29 is 27.9 Å². The van der Waals surface area contributed by atoms with Crippen LogP contribution in [-0.2, 0) is 6.18 Å². The summed E-state index contributed by atoms with van der Waals surface area (Å²) in [4.78, 5) is 10.0. The third kappa shape index (κ3) is 2.80. The molecule has 1 aromatic carbocycles. The summed E-state index contributed by atoms with van der Waals surface area (Å²) >= 11 is 0. The van der Waals surface area contributed by atoms with E-state index >= 15 is 0 Å². The van der Waals surface area contributed by atoms with Crippen molar-refractivity contribution in [1.29, 1.82) is 0 Å². The normalized spacial score (nSPS) is 24.3. The number of aliphatic hydroxyl groups is 1. The van der Waals surface area contributed by atoms with E-state index in [4.69, 9.17) is 4.74 Å². The topological polar surface area (TPSA) is 72.6 Å². The maximum Gasteiger partial charge on any atom is 0.416 e. The molecule has 0 bridgehead atoms. The number of rotatable bonds is 3. The van der Waals surface area contributed by atoms with Crippen molar-refractivity contribution in [3.8, 4) is 5.75 Å². The van der Waals surface area contributed by atoms with Crippen LogP contribution in [0.5, 0.6) is 5.75 Å². The Morgan fingerprint density at radius 1 is 1.43 bits per heavy atom. The van der Waals surface area contributed by atoms with E-state index in [0.29, 0.717) is 6.07 Å². The fourth-order valence-electron chi connectivity index (χ4n) is 2.15. The van der Waals surface area contributed by atoms with Crippen molar-refractivity contribution in [2.75, 3.05) is 0 Å². The number of ether oxygens (including phenoxy) is 1. The lowest BCUT2D eigenvalue weighted by molar-refractivity contribution is -0.386. The summed E-state index contributed by atoms with van der Waals surface area (Å²) in [7, 11) is 0. The van der Waals surface area contributed by atoms with Crippen LogP contribution >= 0.6 is 0 Å². The van der Waals surface area contributed by atoms with Crippen LogP contribution in [0, 0.1) is 15.5 Å². The van der Waals surface area contributed by atoms with Gasteiger partial charge < -0.3 is 9.84 Å². The van der Waals surface area contributed by atoms with Crippen LogP contribution in [0.25, 0.3) is 0 Å². The highest BCUT2D eigenvalue weighted by Gasteiger charge is 2.49. The lowest BCUT2D eigenvalue weighted by Crippen LogP contribution is -2.56. The zero-order valence-corrected chi connectivity index (χ0v) is 11.3. The first-order chi connectivity index (χ1) is 9.53. The molecule has 1 aliphatic rings. The van der Waals surface area contributed by atoms with E-state index in [-0.39, 0.29) is 12.2 Å². The lowest BCUT2D eigenvalue weighted by Gasteiger charge is -2.48. The Morgan fingerprint density at radius 2 is 2.05 bits per heavy atom. The van der Waals surface area contributed by atoms with Gasteiger partial charge in [0, 0.05) is 17.9 Å². The molecule has 0 heterocycles. The molecule has 0 spiro atoms. The van der Waals surface area contributed by atoms with Gasteiger partial charge in [0.25, 0.3) is 0 Å². The third-order valence-corrected chi connectivity index (χ3v) is 3.88. The number of nitro groups is 1. The molecule has 5 nitrogen and oxygen atoms in total. The van der Waals surface area contributed by atoms with E-state index in [9.17, 15) is 28.4 Å². The molecule has 0 radical (unpaired) electrons. The van der Waals surface area contributed by atoms with Gasteiger partial charge in [0.2, 0.25) is 0 Å². The molecule has 1 fully saturated rings. The van der Waals surface area contributed by atoms with Crippen LogP contribution in [0.2, 0.25) is 0 Å². The Hall–Kier alpha value is -1.83. The summed E-state index contributed by atoms with van der Waals surface area (Å²) in [6.45, 7) is 3.45. The molecule has 1 aliphatic carbocycles. The van der Waals surface area contributed by atoms with Crippen LogP contribution in [0.4, 0.5) is 18.9 Å². The molecule has 0 amide bonds. The summed E-state index contributed by atoms with van der Waals surface area (Å²) in [5, 5.41) is 20.5. The minimum atomic E-state index is -4.66. The second-order valence-electron chi connectivity index (χ2n) is 5.62. The van der Waals surface area contributed by atoms with Crippen LogP contribution < -0.4 is 4.74 Å². The standard InChI is InChI=1S/C13H14F3NO4/c1-12(2)10(18)6-11(12)21-9-4-3-7(13(14,15)16)5-8(9)17(19)20/h3-5,10-11,18H,6H2,1-2H3. The molecule has 0 aromatic heterocycles. The van der Waals surface area contributed by atoms with Gasteiger partial charge in [-0.3, -0.25) is 10.1 Å². The van der Waals surface area contributed by atoms with Gasteiger partial charge >= 0.3 is 11.9 Å². The van der Waals surface area contributed by atoms with Crippen molar-refractivity contribution >= 4 is 5.69 Å². The van der Waals surface area contributed by atoms with Crippen LogP contribution in [0.15, 0.2) is 18.2 Å². The average molecular weight is 305 g/mol. The molecule has 1 aromatic rings. The highest BCUT2D eigenvalue weighted by atomic mass is 19.4. The monoisotopic (exact) mass is 305 g/mol. The smallest absolute Gasteiger partial charge is 0.416 e. The Bertz CT molecular complexity index is 571. The molecule has 0 saturated heterocycles. The van der Waals surface area contributed by atoms with Crippen LogP contribution in [0.3, 0.4) is 0 Å². The molecule has 2 atom stereocenters. The van der Waals surface area contributed by atoms with Gasteiger partial charge in [0.1, 0.15) is 6.10 Å². The van der Waals surface area contributed by atoms with Crippen molar-refractivity contribution in [1.82, 2.24) is 0 Å². The summed E-state index contributed by atoms with van der Waals surface area (Å²) in [5.41, 5.74) is -2.44. The molecule has 2 unspecified atom stereocenters. The van der Waals surface area contributed by atoms with Gasteiger partial charge in [-0.25, -0.2) is 0 Å². The maximum atomic E-state index is 12.6. The van der Waals surface area contributed by atoms with E-state index in [2.05, 4.69) is 0 Å². The summed E-state index contributed by atoms with van der Waals surface area (Å²) in [6, 6.07) is 2.14. The Balaban J connectivity index is 2.30. The number of halogens is 3. The zero-order chi connectivity index (χ0) is 16.0. The molecule has 21 heavy (non-hydrogen) atoms. The number of nitro benzene ring substituents is 1. The Kier molecular flexibility index (Phi) is 3.61. The van der Waals surface area contributed by atoms with Crippen molar-refractivity contribution in [3.05, 3.63) is 33.9 Å². The van der Waals surface area contributed by atoms with Gasteiger partial charge in [0.05, 0.1) is 16.6 Å². The first-order valence-electron chi connectivity index (χ1n) is 6.24. The second-order valence-corrected chi connectivity index (χ2v) is 5.62.